The van der Waals surface area contributed by atoms with Crippen molar-refractivity contribution in [1.82, 2.24) is 4.90 Å². The summed E-state index contributed by atoms with van der Waals surface area (Å²) in [5, 5.41) is 9.23. The molecule has 4 heteroatoms. The third-order valence-electron chi connectivity index (χ3n) is 3.21. The number of rotatable bonds is 6. The van der Waals surface area contributed by atoms with Crippen LogP contribution in [-0.2, 0) is 6.54 Å². The maximum atomic E-state index is 11.2. The fourth-order valence-corrected chi connectivity index (χ4v) is 2.09. The molecule has 0 aliphatic heterocycles. The van der Waals surface area contributed by atoms with Crippen molar-refractivity contribution in [1.29, 1.82) is 0 Å². The van der Waals surface area contributed by atoms with Crippen LogP contribution in [0, 0.1) is 0 Å². The summed E-state index contributed by atoms with van der Waals surface area (Å²) in [4.78, 5) is 12.7. The minimum absolute atomic E-state index is 0.418. The van der Waals surface area contributed by atoms with Crippen molar-refractivity contribution in [2.45, 2.75) is 26.3 Å². The lowest BCUT2D eigenvalue weighted by atomic mass is 10.1. The molecule has 0 aliphatic rings. The molecule has 1 aromatic heterocycles. The van der Waals surface area contributed by atoms with Crippen LogP contribution in [0.2, 0.25) is 0 Å². The second-order valence-corrected chi connectivity index (χ2v) is 4.77. The Morgan fingerprint density at radius 2 is 2.15 bits per heavy atom. The lowest BCUT2D eigenvalue weighted by Gasteiger charge is -2.19. The van der Waals surface area contributed by atoms with Crippen molar-refractivity contribution in [2.24, 2.45) is 0 Å². The van der Waals surface area contributed by atoms with Gasteiger partial charge in [0.15, 0.2) is 0 Å². The van der Waals surface area contributed by atoms with Crippen molar-refractivity contribution in [3.63, 3.8) is 0 Å². The summed E-state index contributed by atoms with van der Waals surface area (Å²) < 4.78 is 5.08. The predicted octanol–water partition coefficient (Wildman–Crippen LogP) is 4.23. The predicted molar refractivity (Wildman–Crippen MR) is 77.5 cm³/mol. The van der Waals surface area contributed by atoms with E-state index < -0.39 is 6.09 Å². The molecule has 1 aromatic carbocycles. The Labute approximate surface area is 118 Å². The molecular weight excluding hydrogens is 254 g/mol. The largest absolute Gasteiger partial charge is 0.472 e. The van der Waals surface area contributed by atoms with Crippen molar-refractivity contribution < 1.29 is 14.3 Å². The summed E-state index contributed by atoms with van der Waals surface area (Å²) in [5.41, 5.74) is 3.03. The van der Waals surface area contributed by atoms with Gasteiger partial charge in [0, 0.05) is 18.7 Å². The zero-order chi connectivity index (χ0) is 14.4. The lowest BCUT2D eigenvalue weighted by molar-refractivity contribution is 0.141. The smallest absolute Gasteiger partial charge is 0.407 e. The third kappa shape index (κ3) is 3.63. The Morgan fingerprint density at radius 1 is 1.30 bits per heavy atom. The first-order valence-electron chi connectivity index (χ1n) is 6.80. The van der Waals surface area contributed by atoms with E-state index in [2.05, 4.69) is 6.92 Å². The fourth-order valence-electron chi connectivity index (χ4n) is 2.09. The molecule has 2 rings (SSSR count). The van der Waals surface area contributed by atoms with Gasteiger partial charge in [-0.2, -0.15) is 0 Å². The molecule has 0 atom stereocenters. The summed E-state index contributed by atoms with van der Waals surface area (Å²) in [6.07, 6.45) is 4.32. The summed E-state index contributed by atoms with van der Waals surface area (Å²) in [5.74, 6) is 0. The van der Waals surface area contributed by atoms with Crippen LogP contribution >= 0.6 is 0 Å². The van der Waals surface area contributed by atoms with E-state index in [1.807, 2.05) is 30.3 Å². The standard InChI is InChI=1S/C16H19NO3/c1-2-3-8-17(16(18)19)11-13-5-4-6-14(10-13)15-7-9-20-12-15/h4-7,9-10,12H,2-3,8,11H2,1H3,(H,18,19). The Bertz CT molecular complexity index is 549. The van der Waals surface area contributed by atoms with Gasteiger partial charge >= 0.3 is 6.09 Å². The zero-order valence-electron chi connectivity index (χ0n) is 11.6. The Hall–Kier alpha value is -2.23. The van der Waals surface area contributed by atoms with Crippen LogP contribution in [0.15, 0.2) is 47.3 Å². The number of hydrogen-bond acceptors (Lipinski definition) is 2. The maximum absolute atomic E-state index is 11.2. The highest BCUT2D eigenvalue weighted by Crippen LogP contribution is 2.21. The van der Waals surface area contributed by atoms with Gasteiger partial charge in [0.25, 0.3) is 0 Å². The SMILES string of the molecule is CCCCN(Cc1cccc(-c2ccoc2)c1)C(=O)O. The van der Waals surface area contributed by atoms with Gasteiger partial charge in [-0.3, -0.25) is 0 Å². The molecule has 1 heterocycles. The van der Waals surface area contributed by atoms with Crippen LogP contribution in [-0.4, -0.2) is 22.6 Å². The second-order valence-electron chi connectivity index (χ2n) is 4.77. The number of carbonyl (C=O) groups is 1. The van der Waals surface area contributed by atoms with Crippen LogP contribution in [0.25, 0.3) is 11.1 Å². The molecule has 0 radical (unpaired) electrons. The summed E-state index contributed by atoms with van der Waals surface area (Å²) in [7, 11) is 0. The molecule has 4 nitrogen and oxygen atoms in total. The molecule has 2 aromatic rings. The van der Waals surface area contributed by atoms with Crippen LogP contribution < -0.4 is 0 Å². The molecular formula is C16H19NO3. The van der Waals surface area contributed by atoms with Gasteiger partial charge in [-0.1, -0.05) is 31.5 Å². The first kappa shape index (κ1) is 14.2. The van der Waals surface area contributed by atoms with Gasteiger partial charge in [0.1, 0.15) is 0 Å². The number of amides is 1. The Kier molecular flexibility index (Phi) is 4.82. The van der Waals surface area contributed by atoms with Crippen molar-refractivity contribution in [2.75, 3.05) is 6.54 Å². The number of carboxylic acid groups (broad SMARTS) is 1. The average Bonchev–Trinajstić information content (AvgIpc) is 2.97. The van der Waals surface area contributed by atoms with E-state index in [9.17, 15) is 9.90 Å². The fraction of sp³-hybridized carbons (Fsp3) is 0.312. The van der Waals surface area contributed by atoms with Gasteiger partial charge in [0.05, 0.1) is 12.5 Å². The molecule has 0 aliphatic carbocycles. The van der Waals surface area contributed by atoms with Crippen molar-refractivity contribution in [3.05, 3.63) is 48.4 Å². The molecule has 0 fully saturated rings. The molecule has 20 heavy (non-hydrogen) atoms. The van der Waals surface area contributed by atoms with Crippen LogP contribution in [0.5, 0.6) is 0 Å². The lowest BCUT2D eigenvalue weighted by Crippen LogP contribution is -2.29. The minimum Gasteiger partial charge on any atom is -0.472 e. The highest BCUT2D eigenvalue weighted by atomic mass is 16.4. The minimum atomic E-state index is -0.868. The number of benzene rings is 1. The summed E-state index contributed by atoms with van der Waals surface area (Å²) >= 11 is 0. The summed E-state index contributed by atoms with van der Waals surface area (Å²) in [6, 6.07) is 9.78. The number of unbranched alkanes of at least 4 members (excludes halogenated alkanes) is 1. The molecule has 1 N–H and O–H groups in total. The van der Waals surface area contributed by atoms with E-state index in [0.717, 1.165) is 29.5 Å². The van der Waals surface area contributed by atoms with E-state index in [1.54, 1.807) is 12.5 Å². The molecule has 0 spiro atoms. The van der Waals surface area contributed by atoms with Gasteiger partial charge in [-0.25, -0.2) is 4.79 Å². The zero-order valence-corrected chi connectivity index (χ0v) is 11.6. The molecule has 106 valence electrons. The van der Waals surface area contributed by atoms with E-state index in [-0.39, 0.29) is 0 Å². The van der Waals surface area contributed by atoms with Gasteiger partial charge in [-0.05, 0) is 29.7 Å². The van der Waals surface area contributed by atoms with E-state index in [4.69, 9.17) is 4.42 Å². The van der Waals surface area contributed by atoms with Crippen LogP contribution in [0.4, 0.5) is 4.79 Å². The normalized spacial score (nSPS) is 10.4. The van der Waals surface area contributed by atoms with Crippen LogP contribution in [0.3, 0.4) is 0 Å². The highest BCUT2D eigenvalue weighted by Gasteiger charge is 2.12. The quantitative estimate of drug-likeness (QED) is 0.857. The van der Waals surface area contributed by atoms with E-state index in [1.165, 1.54) is 4.90 Å². The highest BCUT2D eigenvalue weighted by molar-refractivity contribution is 5.66. The molecule has 0 saturated heterocycles. The molecule has 0 unspecified atom stereocenters. The van der Waals surface area contributed by atoms with Gasteiger partial charge in [-0.15, -0.1) is 0 Å². The van der Waals surface area contributed by atoms with Crippen molar-refractivity contribution in [3.8, 4) is 11.1 Å². The first-order valence-corrected chi connectivity index (χ1v) is 6.80. The average molecular weight is 273 g/mol. The monoisotopic (exact) mass is 273 g/mol. The number of furan rings is 1. The Morgan fingerprint density at radius 3 is 2.80 bits per heavy atom. The van der Waals surface area contributed by atoms with Gasteiger partial charge < -0.3 is 14.4 Å². The van der Waals surface area contributed by atoms with E-state index >= 15 is 0 Å². The van der Waals surface area contributed by atoms with Gasteiger partial charge in [0.2, 0.25) is 0 Å². The Balaban J connectivity index is 2.12. The topological polar surface area (TPSA) is 53.7 Å². The number of hydrogen-bond donors (Lipinski definition) is 1. The van der Waals surface area contributed by atoms with E-state index in [0.29, 0.717) is 13.1 Å². The molecule has 1 amide bonds. The maximum Gasteiger partial charge on any atom is 0.407 e. The molecule has 0 saturated carbocycles. The van der Waals surface area contributed by atoms with Crippen molar-refractivity contribution >= 4 is 6.09 Å². The van der Waals surface area contributed by atoms with Crippen LogP contribution in [0.1, 0.15) is 25.3 Å². The first-order chi connectivity index (χ1) is 9.70. The molecule has 0 bridgehead atoms. The summed E-state index contributed by atoms with van der Waals surface area (Å²) in [6.45, 7) is 3.04. The number of nitrogens with zero attached hydrogens (tertiary/aromatic N) is 1. The second kappa shape index (κ2) is 6.80. The third-order valence-corrected chi connectivity index (χ3v) is 3.21.